The molecule has 21 heavy (non-hydrogen) atoms. The van der Waals surface area contributed by atoms with Crippen molar-refractivity contribution in [2.45, 2.75) is 13.5 Å². The summed E-state index contributed by atoms with van der Waals surface area (Å²) in [5.41, 5.74) is 0.733. The van der Waals surface area contributed by atoms with Crippen LogP contribution in [-0.2, 0) is 6.61 Å². The van der Waals surface area contributed by atoms with E-state index in [1.54, 1.807) is 0 Å². The normalized spacial score (nSPS) is 11.5. The highest BCUT2D eigenvalue weighted by Crippen LogP contribution is 2.23. The van der Waals surface area contributed by atoms with E-state index in [2.05, 4.69) is 5.16 Å². The van der Waals surface area contributed by atoms with Crippen LogP contribution in [0.4, 0.5) is 13.2 Å². The number of benzene rings is 2. The number of halogens is 3. The molecular formula is C15H12F3NO2. The van der Waals surface area contributed by atoms with Crippen molar-refractivity contribution in [3.63, 3.8) is 0 Å². The molecule has 0 saturated heterocycles. The third kappa shape index (κ3) is 3.53. The van der Waals surface area contributed by atoms with E-state index in [-0.39, 0.29) is 23.6 Å². The van der Waals surface area contributed by atoms with Crippen molar-refractivity contribution >= 4 is 5.71 Å². The number of rotatable bonds is 4. The Morgan fingerprint density at radius 1 is 1.10 bits per heavy atom. The lowest BCUT2D eigenvalue weighted by atomic mass is 10.1. The lowest BCUT2D eigenvalue weighted by Crippen LogP contribution is -2.04. The van der Waals surface area contributed by atoms with Crippen LogP contribution in [0.2, 0.25) is 0 Å². The van der Waals surface area contributed by atoms with Crippen molar-refractivity contribution in [1.29, 1.82) is 0 Å². The van der Waals surface area contributed by atoms with Gasteiger partial charge in [0, 0.05) is 23.3 Å². The summed E-state index contributed by atoms with van der Waals surface area (Å²) in [6, 6.07) is 6.78. The van der Waals surface area contributed by atoms with E-state index in [4.69, 9.17) is 9.94 Å². The van der Waals surface area contributed by atoms with Crippen LogP contribution in [0.3, 0.4) is 0 Å². The molecule has 1 N–H and O–H groups in total. The molecule has 0 saturated carbocycles. The molecule has 0 aromatic heterocycles. The lowest BCUT2D eigenvalue weighted by Gasteiger charge is -2.11. The van der Waals surface area contributed by atoms with Gasteiger partial charge in [-0.25, -0.2) is 13.2 Å². The predicted octanol–water partition coefficient (Wildman–Crippen LogP) is 3.88. The second kappa shape index (κ2) is 6.30. The smallest absolute Gasteiger partial charge is 0.132 e. The molecule has 0 unspecified atom stereocenters. The van der Waals surface area contributed by atoms with Crippen LogP contribution in [0.25, 0.3) is 0 Å². The van der Waals surface area contributed by atoms with Crippen LogP contribution >= 0.6 is 0 Å². The predicted molar refractivity (Wildman–Crippen MR) is 71.1 cm³/mol. The van der Waals surface area contributed by atoms with E-state index in [0.717, 1.165) is 18.2 Å². The molecular weight excluding hydrogens is 283 g/mol. The second-order valence-corrected chi connectivity index (χ2v) is 4.35. The van der Waals surface area contributed by atoms with Crippen molar-refractivity contribution < 1.29 is 23.1 Å². The molecule has 0 fully saturated rings. The zero-order valence-electron chi connectivity index (χ0n) is 11.1. The quantitative estimate of drug-likeness (QED) is 0.528. The average Bonchev–Trinajstić information content (AvgIpc) is 2.45. The highest BCUT2D eigenvalue weighted by atomic mass is 19.1. The van der Waals surface area contributed by atoms with Crippen LogP contribution in [0.15, 0.2) is 41.6 Å². The summed E-state index contributed by atoms with van der Waals surface area (Å²) in [6.45, 7) is 1.31. The van der Waals surface area contributed by atoms with Crippen molar-refractivity contribution in [3.8, 4) is 5.75 Å². The van der Waals surface area contributed by atoms with E-state index < -0.39 is 17.5 Å². The van der Waals surface area contributed by atoms with Crippen LogP contribution in [0.1, 0.15) is 18.1 Å². The van der Waals surface area contributed by atoms with E-state index in [9.17, 15) is 13.2 Å². The molecule has 2 rings (SSSR count). The Morgan fingerprint density at radius 2 is 1.76 bits per heavy atom. The highest BCUT2D eigenvalue weighted by Gasteiger charge is 2.11. The minimum absolute atomic E-state index is 0.106. The Kier molecular flexibility index (Phi) is 4.47. The van der Waals surface area contributed by atoms with Crippen LogP contribution < -0.4 is 4.74 Å². The fourth-order valence-electron chi connectivity index (χ4n) is 1.76. The first-order valence-electron chi connectivity index (χ1n) is 6.06. The molecule has 0 amide bonds. The number of ether oxygens (including phenoxy) is 1. The van der Waals surface area contributed by atoms with Crippen molar-refractivity contribution in [1.82, 2.24) is 0 Å². The Balaban J connectivity index is 2.25. The summed E-state index contributed by atoms with van der Waals surface area (Å²) in [4.78, 5) is 0. The summed E-state index contributed by atoms with van der Waals surface area (Å²) in [6.07, 6.45) is 0. The minimum atomic E-state index is -0.750. The van der Waals surface area contributed by atoms with Crippen molar-refractivity contribution in [2.75, 3.05) is 0 Å². The molecule has 0 spiro atoms. The largest absolute Gasteiger partial charge is 0.488 e. The van der Waals surface area contributed by atoms with Gasteiger partial charge >= 0.3 is 0 Å². The fraction of sp³-hybridized carbons (Fsp3) is 0.133. The Morgan fingerprint density at radius 3 is 2.43 bits per heavy atom. The maximum atomic E-state index is 13.5. The molecule has 2 aromatic carbocycles. The van der Waals surface area contributed by atoms with Gasteiger partial charge in [0.25, 0.3) is 0 Å². The molecule has 0 heterocycles. The summed E-state index contributed by atoms with van der Waals surface area (Å²) in [7, 11) is 0. The first-order valence-corrected chi connectivity index (χ1v) is 6.06. The first kappa shape index (κ1) is 14.9. The number of nitrogens with zero attached hydrogens (tertiary/aromatic N) is 1. The third-order valence-corrected chi connectivity index (χ3v) is 2.88. The number of hydrogen-bond donors (Lipinski definition) is 1. The van der Waals surface area contributed by atoms with Gasteiger partial charge in [-0.15, -0.1) is 0 Å². The average molecular weight is 295 g/mol. The van der Waals surface area contributed by atoms with E-state index in [1.165, 1.54) is 25.1 Å². The fourth-order valence-corrected chi connectivity index (χ4v) is 1.76. The SMILES string of the molecule is CC(=NO)c1ccc(F)cc1OCc1ccc(F)cc1F. The number of hydrogen-bond acceptors (Lipinski definition) is 3. The zero-order valence-corrected chi connectivity index (χ0v) is 11.1. The number of oxime groups is 1. The molecule has 3 nitrogen and oxygen atoms in total. The van der Waals surface area contributed by atoms with Gasteiger partial charge in [0.2, 0.25) is 0 Å². The summed E-state index contributed by atoms with van der Waals surface area (Å²) in [5.74, 6) is -1.88. The van der Waals surface area contributed by atoms with Crippen LogP contribution in [0.5, 0.6) is 5.75 Å². The molecule has 0 atom stereocenters. The second-order valence-electron chi connectivity index (χ2n) is 4.35. The zero-order chi connectivity index (χ0) is 15.4. The third-order valence-electron chi connectivity index (χ3n) is 2.88. The Hall–Kier alpha value is -2.50. The molecule has 0 aliphatic heterocycles. The molecule has 2 aromatic rings. The standard InChI is InChI=1S/C15H12F3NO2/c1-9(19-20)13-5-4-12(17)7-15(13)21-8-10-2-3-11(16)6-14(10)18/h2-7,20H,8H2,1H3. The van der Waals surface area contributed by atoms with Gasteiger partial charge in [0.15, 0.2) is 0 Å². The monoisotopic (exact) mass is 295 g/mol. The minimum Gasteiger partial charge on any atom is -0.488 e. The van der Waals surface area contributed by atoms with E-state index in [0.29, 0.717) is 5.56 Å². The van der Waals surface area contributed by atoms with Gasteiger partial charge in [-0.05, 0) is 31.2 Å². The summed E-state index contributed by atoms with van der Waals surface area (Å²) < 4.78 is 44.9. The molecule has 110 valence electrons. The van der Waals surface area contributed by atoms with Gasteiger partial charge in [-0.2, -0.15) is 0 Å². The van der Waals surface area contributed by atoms with Gasteiger partial charge < -0.3 is 9.94 Å². The Labute approximate surface area is 119 Å². The molecule has 0 aliphatic carbocycles. The van der Waals surface area contributed by atoms with E-state index >= 15 is 0 Å². The van der Waals surface area contributed by atoms with Crippen molar-refractivity contribution in [3.05, 3.63) is 65.0 Å². The maximum absolute atomic E-state index is 13.5. The maximum Gasteiger partial charge on any atom is 0.132 e. The van der Waals surface area contributed by atoms with Crippen molar-refractivity contribution in [2.24, 2.45) is 5.16 Å². The first-order chi connectivity index (χ1) is 10.0. The van der Waals surface area contributed by atoms with E-state index in [1.807, 2.05) is 0 Å². The van der Waals surface area contributed by atoms with Gasteiger partial charge in [0.1, 0.15) is 29.8 Å². The van der Waals surface area contributed by atoms with Gasteiger partial charge in [0.05, 0.1) is 5.71 Å². The van der Waals surface area contributed by atoms with Gasteiger partial charge in [-0.1, -0.05) is 5.16 Å². The molecule has 0 aliphatic rings. The molecule has 0 bridgehead atoms. The Bertz CT molecular complexity index is 687. The topological polar surface area (TPSA) is 41.8 Å². The van der Waals surface area contributed by atoms with Crippen LogP contribution in [-0.4, -0.2) is 10.9 Å². The highest BCUT2D eigenvalue weighted by molar-refractivity contribution is 6.00. The van der Waals surface area contributed by atoms with Gasteiger partial charge in [-0.3, -0.25) is 0 Å². The molecule has 6 heteroatoms. The van der Waals surface area contributed by atoms with Crippen LogP contribution in [0, 0.1) is 17.5 Å². The summed E-state index contributed by atoms with van der Waals surface area (Å²) >= 11 is 0. The summed E-state index contributed by atoms with van der Waals surface area (Å²) in [5, 5.41) is 11.8. The lowest BCUT2D eigenvalue weighted by molar-refractivity contribution is 0.296. The molecule has 0 radical (unpaired) electrons.